The number of nitrogens with one attached hydrogen (secondary N) is 1. The second-order valence-corrected chi connectivity index (χ2v) is 9.83. The number of ether oxygens (including phenoxy) is 1. The van der Waals surface area contributed by atoms with Gasteiger partial charge in [-0.15, -0.1) is 0 Å². The van der Waals surface area contributed by atoms with Gasteiger partial charge in [-0.05, 0) is 61.7 Å². The van der Waals surface area contributed by atoms with Gasteiger partial charge in [0.15, 0.2) is 0 Å². The van der Waals surface area contributed by atoms with Crippen molar-refractivity contribution in [3.05, 3.63) is 47.5 Å². The maximum absolute atomic E-state index is 13.1. The van der Waals surface area contributed by atoms with Gasteiger partial charge in [-0.3, -0.25) is 9.10 Å². The Morgan fingerprint density at radius 3 is 2.39 bits per heavy atom. The maximum Gasteiger partial charge on any atom is 0.248 e. The summed E-state index contributed by atoms with van der Waals surface area (Å²) in [5, 5.41) is 3.19. The van der Waals surface area contributed by atoms with Gasteiger partial charge in [0.05, 0.1) is 19.1 Å². The lowest BCUT2D eigenvalue weighted by molar-refractivity contribution is -0.117. The van der Waals surface area contributed by atoms with Gasteiger partial charge in [-0.1, -0.05) is 18.5 Å². The van der Waals surface area contributed by atoms with Crippen molar-refractivity contribution < 1.29 is 17.9 Å². The molecule has 0 aromatic heterocycles. The number of methoxy groups -OCH3 is 1. The number of carbonyl (C=O) groups is 1. The highest BCUT2D eigenvalue weighted by atomic mass is 35.5. The zero-order valence-electron chi connectivity index (χ0n) is 18.0. The molecule has 1 amide bonds. The van der Waals surface area contributed by atoms with Gasteiger partial charge in [0.2, 0.25) is 15.9 Å². The molecule has 2 aromatic carbocycles. The molecule has 0 radical (unpaired) electrons. The van der Waals surface area contributed by atoms with Crippen LogP contribution in [-0.2, 0) is 14.8 Å². The number of benzene rings is 2. The first-order valence-corrected chi connectivity index (χ1v) is 12.5. The first-order valence-electron chi connectivity index (χ1n) is 10.2. The summed E-state index contributed by atoms with van der Waals surface area (Å²) in [5.74, 6) is -0.111. The number of amides is 1. The molecule has 0 aliphatic carbocycles. The Bertz CT molecular complexity index is 1020. The lowest BCUT2D eigenvalue weighted by atomic mass is 10.1. The van der Waals surface area contributed by atoms with Crippen molar-refractivity contribution in [2.75, 3.05) is 41.0 Å². The van der Waals surface area contributed by atoms with Crippen LogP contribution in [0.2, 0.25) is 5.02 Å². The average Bonchev–Trinajstić information content (AvgIpc) is 3.26. The third-order valence-corrected chi connectivity index (χ3v) is 6.71. The second-order valence-electron chi connectivity index (χ2n) is 7.53. The highest BCUT2D eigenvalue weighted by Gasteiger charge is 2.33. The predicted octanol–water partition coefficient (Wildman–Crippen LogP) is 4.13. The molecule has 0 saturated carbocycles. The minimum absolute atomic E-state index is 0.226. The highest BCUT2D eigenvalue weighted by molar-refractivity contribution is 7.92. The van der Waals surface area contributed by atoms with Gasteiger partial charge in [-0.25, -0.2) is 8.42 Å². The first-order chi connectivity index (χ1) is 14.7. The van der Waals surface area contributed by atoms with Crippen molar-refractivity contribution in [3.8, 4) is 5.75 Å². The van der Waals surface area contributed by atoms with E-state index in [1.54, 1.807) is 19.1 Å². The van der Waals surface area contributed by atoms with Crippen LogP contribution >= 0.6 is 11.6 Å². The zero-order chi connectivity index (χ0) is 22.6. The summed E-state index contributed by atoms with van der Waals surface area (Å²) in [6.45, 7) is 3.83. The van der Waals surface area contributed by atoms with Crippen molar-refractivity contribution >= 4 is 44.6 Å². The summed E-state index contributed by atoms with van der Waals surface area (Å²) < 4.78 is 31.8. The van der Waals surface area contributed by atoms with Crippen LogP contribution in [0, 0.1) is 0 Å². The standard InChI is InChI=1S/C22H28ClN3O4S/c1-4-19(26(31(3,28)29)20-15-16(23)7-12-21(20)30-2)22(27)24-17-8-10-18(11-9-17)25-13-5-6-14-25/h7-12,15,19H,4-6,13-14H2,1-3H3,(H,24,27)/t19-/m0/s1. The number of halogens is 1. The van der Waals surface area contributed by atoms with Crippen LogP contribution in [-0.4, -0.2) is 46.8 Å². The minimum Gasteiger partial charge on any atom is -0.495 e. The SMILES string of the molecule is CC[C@@H](C(=O)Nc1ccc(N2CCCC2)cc1)N(c1cc(Cl)ccc1OC)S(C)(=O)=O. The molecule has 2 aromatic rings. The van der Waals surface area contributed by atoms with E-state index in [-0.39, 0.29) is 12.1 Å². The van der Waals surface area contributed by atoms with Crippen molar-refractivity contribution in [2.45, 2.75) is 32.2 Å². The largest absolute Gasteiger partial charge is 0.495 e. The van der Waals surface area contributed by atoms with Gasteiger partial charge in [-0.2, -0.15) is 0 Å². The molecule has 7 nitrogen and oxygen atoms in total. The van der Waals surface area contributed by atoms with Crippen LogP contribution in [0.3, 0.4) is 0 Å². The summed E-state index contributed by atoms with van der Waals surface area (Å²) in [6, 6.07) is 11.3. The Kier molecular flexibility index (Phi) is 7.33. The summed E-state index contributed by atoms with van der Waals surface area (Å²) in [4.78, 5) is 15.4. The summed E-state index contributed by atoms with van der Waals surface area (Å²) in [5.41, 5.74) is 1.95. The van der Waals surface area contributed by atoms with Crippen LogP contribution in [0.1, 0.15) is 26.2 Å². The Morgan fingerprint density at radius 1 is 1.19 bits per heavy atom. The van der Waals surface area contributed by atoms with E-state index in [2.05, 4.69) is 10.2 Å². The zero-order valence-corrected chi connectivity index (χ0v) is 19.5. The fourth-order valence-electron chi connectivity index (χ4n) is 3.83. The van der Waals surface area contributed by atoms with E-state index in [9.17, 15) is 13.2 Å². The Labute approximate surface area is 189 Å². The number of hydrogen-bond acceptors (Lipinski definition) is 5. The number of sulfonamides is 1. The average molecular weight is 466 g/mol. The molecule has 9 heteroatoms. The van der Waals surface area contributed by atoms with Gasteiger partial charge in [0.25, 0.3) is 0 Å². The molecular weight excluding hydrogens is 438 g/mol. The number of rotatable bonds is 8. The first kappa shape index (κ1) is 23.2. The number of hydrogen-bond donors (Lipinski definition) is 1. The van der Waals surface area contributed by atoms with Crippen LogP contribution in [0.4, 0.5) is 17.1 Å². The van der Waals surface area contributed by atoms with E-state index >= 15 is 0 Å². The molecule has 1 N–H and O–H groups in total. The topological polar surface area (TPSA) is 79.0 Å². The van der Waals surface area contributed by atoms with Crippen molar-refractivity contribution in [2.24, 2.45) is 0 Å². The minimum atomic E-state index is -3.81. The smallest absolute Gasteiger partial charge is 0.248 e. The quantitative estimate of drug-likeness (QED) is 0.634. The molecule has 1 fully saturated rings. The number of anilines is 3. The fourth-order valence-corrected chi connectivity index (χ4v) is 5.20. The maximum atomic E-state index is 13.1. The lowest BCUT2D eigenvalue weighted by Crippen LogP contribution is -2.47. The number of nitrogens with zero attached hydrogens (tertiary/aromatic N) is 2. The summed E-state index contributed by atoms with van der Waals surface area (Å²) in [7, 11) is -2.37. The fraction of sp³-hybridized carbons (Fsp3) is 0.409. The molecule has 1 aliphatic heterocycles. The predicted molar refractivity (Wildman–Crippen MR) is 126 cm³/mol. The van der Waals surface area contributed by atoms with Gasteiger partial charge in [0.1, 0.15) is 11.8 Å². The molecule has 0 bridgehead atoms. The van der Waals surface area contributed by atoms with E-state index < -0.39 is 22.0 Å². The molecule has 1 saturated heterocycles. The van der Waals surface area contributed by atoms with E-state index in [0.29, 0.717) is 16.5 Å². The summed E-state index contributed by atoms with van der Waals surface area (Å²) >= 11 is 6.11. The molecule has 1 aliphatic rings. The van der Waals surface area contributed by atoms with Crippen LogP contribution in [0.5, 0.6) is 5.75 Å². The van der Waals surface area contributed by atoms with E-state index in [0.717, 1.165) is 29.3 Å². The Hall–Kier alpha value is -2.45. The van der Waals surface area contributed by atoms with E-state index in [4.69, 9.17) is 16.3 Å². The Morgan fingerprint density at radius 2 is 1.84 bits per heavy atom. The molecule has 1 atom stereocenters. The molecule has 168 valence electrons. The Balaban J connectivity index is 1.87. The van der Waals surface area contributed by atoms with Crippen molar-refractivity contribution in [1.82, 2.24) is 0 Å². The van der Waals surface area contributed by atoms with E-state index in [1.807, 2.05) is 24.3 Å². The summed E-state index contributed by atoms with van der Waals surface area (Å²) in [6.07, 6.45) is 3.70. The van der Waals surface area contributed by atoms with E-state index in [1.165, 1.54) is 26.0 Å². The molecule has 3 rings (SSSR count). The normalized spacial score (nSPS) is 14.9. The van der Waals surface area contributed by atoms with Gasteiger partial charge >= 0.3 is 0 Å². The third kappa shape index (κ3) is 5.43. The molecular formula is C22H28ClN3O4S. The van der Waals surface area contributed by atoms with Crippen LogP contribution in [0.25, 0.3) is 0 Å². The molecule has 0 spiro atoms. The number of carbonyl (C=O) groups excluding carboxylic acids is 1. The van der Waals surface area contributed by atoms with Crippen molar-refractivity contribution in [3.63, 3.8) is 0 Å². The van der Waals surface area contributed by atoms with Crippen molar-refractivity contribution in [1.29, 1.82) is 0 Å². The molecule has 31 heavy (non-hydrogen) atoms. The van der Waals surface area contributed by atoms with Crippen LogP contribution in [0.15, 0.2) is 42.5 Å². The van der Waals surface area contributed by atoms with Gasteiger partial charge in [0, 0.05) is 29.5 Å². The third-order valence-electron chi connectivity index (χ3n) is 5.31. The highest BCUT2D eigenvalue weighted by Crippen LogP contribution is 2.35. The second kappa shape index (κ2) is 9.78. The monoisotopic (exact) mass is 465 g/mol. The lowest BCUT2D eigenvalue weighted by Gasteiger charge is -2.31. The van der Waals surface area contributed by atoms with Crippen LogP contribution < -0.4 is 19.3 Å². The molecule has 1 heterocycles. The molecule has 0 unspecified atom stereocenters. The van der Waals surface area contributed by atoms with Gasteiger partial charge < -0.3 is 15.0 Å².